The molecule has 1 N–H and O–H groups in total. The molecule has 0 aromatic heterocycles. The third kappa shape index (κ3) is 2.67. The molecule has 0 amide bonds. The summed E-state index contributed by atoms with van der Waals surface area (Å²) < 4.78 is 6.88. The van der Waals surface area contributed by atoms with E-state index in [1.54, 1.807) is 0 Å². The second-order valence-electron chi connectivity index (χ2n) is 4.80. The van der Waals surface area contributed by atoms with Crippen LogP contribution in [0.3, 0.4) is 0 Å². The van der Waals surface area contributed by atoms with Crippen LogP contribution >= 0.6 is 15.9 Å². The van der Waals surface area contributed by atoms with Gasteiger partial charge in [-0.1, -0.05) is 40.2 Å². The van der Waals surface area contributed by atoms with Gasteiger partial charge in [0.1, 0.15) is 12.4 Å². The maximum atomic E-state index is 9.77. The van der Waals surface area contributed by atoms with E-state index in [0.717, 1.165) is 34.2 Å². The second-order valence-corrected chi connectivity index (χ2v) is 5.65. The Kier molecular flexibility index (Phi) is 3.58. The van der Waals surface area contributed by atoms with Gasteiger partial charge in [-0.2, -0.15) is 0 Å². The molecule has 0 heterocycles. The lowest BCUT2D eigenvalue weighted by atomic mass is 10.1. The van der Waals surface area contributed by atoms with Gasteiger partial charge in [-0.05, 0) is 42.2 Å². The number of hydrogen-bond acceptors (Lipinski definition) is 2. The molecule has 1 atom stereocenters. The molecule has 98 valence electrons. The summed E-state index contributed by atoms with van der Waals surface area (Å²) in [5.41, 5.74) is 3.38. The van der Waals surface area contributed by atoms with Crippen molar-refractivity contribution in [3.63, 3.8) is 0 Å². The van der Waals surface area contributed by atoms with Gasteiger partial charge >= 0.3 is 0 Å². The van der Waals surface area contributed by atoms with Crippen LogP contribution in [0, 0.1) is 0 Å². The molecule has 1 aliphatic rings. The molecule has 0 saturated heterocycles. The van der Waals surface area contributed by atoms with Gasteiger partial charge in [0.15, 0.2) is 0 Å². The van der Waals surface area contributed by atoms with Crippen molar-refractivity contribution in [1.29, 1.82) is 0 Å². The Bertz CT molecular complexity index is 595. The lowest BCUT2D eigenvalue weighted by Gasteiger charge is -2.10. The summed E-state index contributed by atoms with van der Waals surface area (Å²) in [5.74, 6) is 0.864. The highest BCUT2D eigenvalue weighted by Crippen LogP contribution is 2.33. The van der Waals surface area contributed by atoms with Gasteiger partial charge in [0.2, 0.25) is 0 Å². The Morgan fingerprint density at radius 3 is 2.89 bits per heavy atom. The number of rotatable bonds is 3. The van der Waals surface area contributed by atoms with Crippen molar-refractivity contribution in [2.45, 2.75) is 25.6 Å². The number of hydrogen-bond donors (Lipinski definition) is 1. The fourth-order valence-corrected chi connectivity index (χ4v) is 2.84. The van der Waals surface area contributed by atoms with E-state index in [-0.39, 0.29) is 6.10 Å². The molecule has 1 aliphatic carbocycles. The van der Waals surface area contributed by atoms with Crippen molar-refractivity contribution in [3.05, 3.63) is 63.6 Å². The predicted octanol–water partition coefficient (Wildman–Crippen LogP) is 4.01. The third-order valence-corrected chi connectivity index (χ3v) is 4.29. The van der Waals surface area contributed by atoms with Crippen LogP contribution in [0.1, 0.15) is 29.2 Å². The van der Waals surface area contributed by atoms with E-state index < -0.39 is 0 Å². The van der Waals surface area contributed by atoms with Gasteiger partial charge in [0.05, 0.1) is 6.10 Å². The molecule has 0 aliphatic heterocycles. The van der Waals surface area contributed by atoms with E-state index in [0.29, 0.717) is 6.61 Å². The average molecular weight is 319 g/mol. The van der Waals surface area contributed by atoms with Crippen molar-refractivity contribution >= 4 is 15.9 Å². The first kappa shape index (κ1) is 12.7. The van der Waals surface area contributed by atoms with Crippen molar-refractivity contribution < 1.29 is 9.84 Å². The van der Waals surface area contributed by atoms with Crippen LogP contribution in [0.4, 0.5) is 0 Å². The van der Waals surface area contributed by atoms with Crippen molar-refractivity contribution in [2.75, 3.05) is 0 Å². The fourth-order valence-electron chi connectivity index (χ4n) is 2.44. The van der Waals surface area contributed by atoms with Gasteiger partial charge < -0.3 is 9.84 Å². The number of halogens is 1. The highest BCUT2D eigenvalue weighted by Gasteiger charge is 2.20. The zero-order valence-electron chi connectivity index (χ0n) is 10.5. The first-order valence-electron chi connectivity index (χ1n) is 6.41. The summed E-state index contributed by atoms with van der Waals surface area (Å²) >= 11 is 3.51. The third-order valence-electron chi connectivity index (χ3n) is 3.51. The van der Waals surface area contributed by atoms with Crippen molar-refractivity contribution in [2.24, 2.45) is 0 Å². The Balaban J connectivity index is 1.73. The number of aryl methyl sites for hydroxylation is 1. The van der Waals surface area contributed by atoms with Crippen molar-refractivity contribution in [1.82, 2.24) is 0 Å². The second kappa shape index (κ2) is 5.35. The highest BCUT2D eigenvalue weighted by atomic mass is 79.9. The van der Waals surface area contributed by atoms with Crippen LogP contribution in [0.15, 0.2) is 46.9 Å². The summed E-state index contributed by atoms with van der Waals surface area (Å²) in [6.07, 6.45) is 1.46. The van der Waals surface area contributed by atoms with E-state index in [2.05, 4.69) is 15.9 Å². The molecule has 2 aromatic carbocycles. The molecule has 0 saturated carbocycles. The largest absolute Gasteiger partial charge is 0.489 e. The number of ether oxygens (including phenoxy) is 1. The Morgan fingerprint density at radius 1 is 1.21 bits per heavy atom. The summed E-state index contributed by atoms with van der Waals surface area (Å²) in [5, 5.41) is 9.77. The molecule has 0 bridgehead atoms. The molecule has 2 nitrogen and oxygen atoms in total. The van der Waals surface area contributed by atoms with E-state index in [4.69, 9.17) is 4.74 Å². The topological polar surface area (TPSA) is 29.5 Å². The highest BCUT2D eigenvalue weighted by molar-refractivity contribution is 9.10. The number of aliphatic hydroxyl groups is 1. The Labute approximate surface area is 121 Å². The van der Waals surface area contributed by atoms with Crippen LogP contribution < -0.4 is 4.74 Å². The van der Waals surface area contributed by atoms with Crippen LogP contribution in [0.25, 0.3) is 0 Å². The molecule has 2 aromatic rings. The lowest BCUT2D eigenvalue weighted by Crippen LogP contribution is -1.97. The minimum absolute atomic E-state index is 0.299. The van der Waals surface area contributed by atoms with Crippen molar-refractivity contribution in [3.8, 4) is 5.75 Å². The summed E-state index contributed by atoms with van der Waals surface area (Å²) in [6.45, 7) is 0.544. The number of aliphatic hydroxyl groups excluding tert-OH is 1. The molecule has 0 radical (unpaired) electrons. The Hall–Kier alpha value is -1.32. The first-order chi connectivity index (χ1) is 9.24. The monoisotopic (exact) mass is 318 g/mol. The molecule has 0 fully saturated rings. The quantitative estimate of drug-likeness (QED) is 0.926. The number of benzene rings is 2. The van der Waals surface area contributed by atoms with E-state index in [1.807, 2.05) is 42.5 Å². The molecule has 19 heavy (non-hydrogen) atoms. The zero-order valence-corrected chi connectivity index (χ0v) is 12.1. The van der Waals surface area contributed by atoms with E-state index >= 15 is 0 Å². The summed E-state index contributed by atoms with van der Waals surface area (Å²) in [7, 11) is 0. The maximum Gasteiger partial charge on any atom is 0.120 e. The van der Waals surface area contributed by atoms with Crippen LogP contribution in [0.5, 0.6) is 5.75 Å². The Morgan fingerprint density at radius 2 is 2.05 bits per heavy atom. The van der Waals surface area contributed by atoms with E-state index in [1.165, 1.54) is 5.56 Å². The van der Waals surface area contributed by atoms with Crippen LogP contribution in [-0.2, 0) is 13.0 Å². The standard InChI is InChI=1S/C16H15BrO2/c17-15-4-2-1-3-12(15)10-19-13-6-7-14-11(9-13)5-8-16(14)18/h1-4,6-7,9,16,18H,5,8,10H2/t16-/m1/s1. The van der Waals surface area contributed by atoms with E-state index in [9.17, 15) is 5.11 Å². The summed E-state index contributed by atoms with van der Waals surface area (Å²) in [6, 6.07) is 14.0. The molecule has 0 unspecified atom stereocenters. The van der Waals surface area contributed by atoms with Gasteiger partial charge in [-0.3, -0.25) is 0 Å². The molecular weight excluding hydrogens is 304 g/mol. The minimum atomic E-state index is -0.299. The summed E-state index contributed by atoms with van der Waals surface area (Å²) in [4.78, 5) is 0. The molecule has 3 heteroatoms. The van der Waals surface area contributed by atoms with Gasteiger partial charge in [0, 0.05) is 10.0 Å². The molecule has 3 rings (SSSR count). The van der Waals surface area contributed by atoms with Gasteiger partial charge in [-0.15, -0.1) is 0 Å². The lowest BCUT2D eigenvalue weighted by molar-refractivity contribution is 0.180. The first-order valence-corrected chi connectivity index (χ1v) is 7.20. The smallest absolute Gasteiger partial charge is 0.120 e. The SMILES string of the molecule is O[C@@H]1CCc2cc(OCc3ccccc3Br)ccc21. The van der Waals surface area contributed by atoms with Gasteiger partial charge in [-0.25, -0.2) is 0 Å². The average Bonchev–Trinajstić information content (AvgIpc) is 2.79. The van der Waals surface area contributed by atoms with Crippen LogP contribution in [0.2, 0.25) is 0 Å². The fraction of sp³-hybridized carbons (Fsp3) is 0.250. The molecular formula is C16H15BrO2. The normalized spacial score (nSPS) is 17.3. The van der Waals surface area contributed by atoms with Crippen LogP contribution in [-0.4, -0.2) is 5.11 Å². The molecule has 0 spiro atoms. The minimum Gasteiger partial charge on any atom is -0.489 e. The maximum absolute atomic E-state index is 9.77. The zero-order chi connectivity index (χ0) is 13.2. The number of fused-ring (bicyclic) bond motifs is 1. The predicted molar refractivity (Wildman–Crippen MR) is 78.2 cm³/mol. The van der Waals surface area contributed by atoms with Gasteiger partial charge in [0.25, 0.3) is 0 Å².